The van der Waals surface area contributed by atoms with E-state index >= 15 is 0 Å². The molecule has 0 aliphatic heterocycles. The topological polar surface area (TPSA) is 72.5 Å². The van der Waals surface area contributed by atoms with Crippen molar-refractivity contribution in [3.8, 4) is 5.88 Å². The fourth-order valence-electron chi connectivity index (χ4n) is 2.27. The third kappa shape index (κ3) is 4.98. The first-order valence-electron chi connectivity index (χ1n) is 8.46. The molecule has 0 amide bonds. The van der Waals surface area contributed by atoms with Crippen LogP contribution >= 0.6 is 0 Å². The number of nitrogens with two attached hydrogens (primary N) is 1. The highest BCUT2D eigenvalue weighted by Crippen LogP contribution is 2.29. The molecule has 1 fully saturated rings. The average Bonchev–Trinajstić information content (AvgIpc) is 3.44. The van der Waals surface area contributed by atoms with Crippen molar-refractivity contribution in [3.63, 3.8) is 0 Å². The van der Waals surface area contributed by atoms with Gasteiger partial charge in [0, 0.05) is 18.0 Å². The molecular formula is C19H24N4O. The van der Waals surface area contributed by atoms with Gasteiger partial charge in [-0.05, 0) is 48.4 Å². The van der Waals surface area contributed by atoms with E-state index in [0.29, 0.717) is 18.4 Å². The van der Waals surface area contributed by atoms with Crippen molar-refractivity contribution in [2.45, 2.75) is 32.7 Å². The van der Waals surface area contributed by atoms with Crippen molar-refractivity contribution < 1.29 is 4.74 Å². The van der Waals surface area contributed by atoms with Gasteiger partial charge in [-0.25, -0.2) is 9.98 Å². The van der Waals surface area contributed by atoms with E-state index in [0.717, 1.165) is 30.2 Å². The van der Waals surface area contributed by atoms with Gasteiger partial charge in [0.05, 0.1) is 13.2 Å². The van der Waals surface area contributed by atoms with Gasteiger partial charge in [-0.3, -0.25) is 0 Å². The van der Waals surface area contributed by atoms with Crippen molar-refractivity contribution in [1.29, 1.82) is 0 Å². The minimum absolute atomic E-state index is 0.397. The molecule has 0 unspecified atom stereocenters. The Morgan fingerprint density at radius 1 is 1.21 bits per heavy atom. The molecule has 126 valence electrons. The fourth-order valence-corrected chi connectivity index (χ4v) is 2.27. The lowest BCUT2D eigenvalue weighted by atomic mass is 10.1. The molecule has 5 heteroatoms. The minimum Gasteiger partial charge on any atom is -0.477 e. The quantitative estimate of drug-likeness (QED) is 0.605. The fraction of sp³-hybridized carbons (Fsp3) is 0.368. The summed E-state index contributed by atoms with van der Waals surface area (Å²) in [5, 5.41) is 3.10. The summed E-state index contributed by atoms with van der Waals surface area (Å²) in [5.41, 5.74) is 9.17. The Morgan fingerprint density at radius 3 is 2.58 bits per heavy atom. The number of anilines is 1. The molecule has 0 spiro atoms. The number of ether oxygens (including phenoxy) is 1. The number of hydrogen-bond donors (Lipinski definition) is 2. The summed E-state index contributed by atoms with van der Waals surface area (Å²) in [5.74, 6) is 1.80. The van der Waals surface area contributed by atoms with Gasteiger partial charge in [0.1, 0.15) is 0 Å². The van der Waals surface area contributed by atoms with E-state index in [-0.39, 0.29) is 0 Å². The summed E-state index contributed by atoms with van der Waals surface area (Å²) in [6.45, 7) is 3.40. The third-order valence-corrected chi connectivity index (χ3v) is 4.03. The number of aromatic nitrogens is 1. The van der Waals surface area contributed by atoms with E-state index in [9.17, 15) is 0 Å². The predicted octanol–water partition coefficient (Wildman–Crippen LogP) is 3.36. The van der Waals surface area contributed by atoms with Crippen molar-refractivity contribution in [2.24, 2.45) is 16.6 Å². The Hall–Kier alpha value is -2.56. The van der Waals surface area contributed by atoms with Gasteiger partial charge < -0.3 is 15.8 Å². The Bertz CT molecular complexity index is 676. The van der Waals surface area contributed by atoms with Gasteiger partial charge in [0.2, 0.25) is 5.88 Å². The molecule has 5 nitrogen and oxygen atoms in total. The van der Waals surface area contributed by atoms with E-state index in [4.69, 9.17) is 10.5 Å². The minimum atomic E-state index is 0.397. The van der Waals surface area contributed by atoms with Crippen molar-refractivity contribution >= 4 is 11.6 Å². The molecule has 1 aromatic carbocycles. The highest BCUT2D eigenvalue weighted by molar-refractivity contribution is 5.92. The van der Waals surface area contributed by atoms with Gasteiger partial charge in [-0.15, -0.1) is 0 Å². The van der Waals surface area contributed by atoms with Gasteiger partial charge in [-0.1, -0.05) is 25.1 Å². The van der Waals surface area contributed by atoms with Gasteiger partial charge in [-0.2, -0.15) is 0 Å². The molecule has 1 aromatic heterocycles. The molecule has 0 atom stereocenters. The zero-order chi connectivity index (χ0) is 16.8. The van der Waals surface area contributed by atoms with Crippen LogP contribution in [-0.2, 0) is 13.0 Å². The van der Waals surface area contributed by atoms with E-state index in [1.165, 1.54) is 18.4 Å². The van der Waals surface area contributed by atoms with Crippen LogP contribution in [0.25, 0.3) is 0 Å². The van der Waals surface area contributed by atoms with Crippen molar-refractivity contribution in [3.05, 3.63) is 53.7 Å². The molecule has 3 N–H and O–H groups in total. The molecule has 2 aromatic rings. The molecule has 1 heterocycles. The molecule has 0 radical (unpaired) electrons. The number of aliphatic imine (C=N–C) groups is 1. The van der Waals surface area contributed by atoms with E-state index < -0.39 is 0 Å². The smallest absolute Gasteiger partial charge is 0.213 e. The summed E-state index contributed by atoms with van der Waals surface area (Å²) < 4.78 is 5.62. The highest BCUT2D eigenvalue weighted by Gasteiger charge is 2.21. The number of nitrogens with zero attached hydrogens (tertiary/aromatic N) is 2. The summed E-state index contributed by atoms with van der Waals surface area (Å²) >= 11 is 0. The van der Waals surface area contributed by atoms with Crippen molar-refractivity contribution in [2.75, 3.05) is 11.9 Å². The molecule has 1 aliphatic rings. The molecule has 1 saturated carbocycles. The van der Waals surface area contributed by atoms with E-state index in [1.54, 1.807) is 6.20 Å². The Morgan fingerprint density at radius 2 is 1.96 bits per heavy atom. The summed E-state index contributed by atoms with van der Waals surface area (Å²) in [6, 6.07) is 12.0. The monoisotopic (exact) mass is 324 g/mol. The number of guanidine groups is 1. The first-order valence-corrected chi connectivity index (χ1v) is 8.46. The van der Waals surface area contributed by atoms with Crippen LogP contribution in [-0.4, -0.2) is 17.6 Å². The molecular weight excluding hydrogens is 300 g/mol. The molecule has 3 rings (SSSR count). The Labute approximate surface area is 143 Å². The van der Waals surface area contributed by atoms with Crippen LogP contribution in [0.5, 0.6) is 5.88 Å². The van der Waals surface area contributed by atoms with Gasteiger partial charge >= 0.3 is 0 Å². The third-order valence-electron chi connectivity index (χ3n) is 4.03. The predicted molar refractivity (Wildman–Crippen MR) is 97.2 cm³/mol. The number of nitrogens with one attached hydrogen (secondary N) is 1. The summed E-state index contributed by atoms with van der Waals surface area (Å²) in [6.07, 6.45) is 5.37. The Kier molecular flexibility index (Phi) is 5.31. The average molecular weight is 324 g/mol. The van der Waals surface area contributed by atoms with Gasteiger partial charge in [0.25, 0.3) is 0 Å². The lowest BCUT2D eigenvalue weighted by molar-refractivity contribution is 0.288. The van der Waals surface area contributed by atoms with E-state index in [1.807, 2.05) is 24.3 Å². The highest BCUT2D eigenvalue weighted by atomic mass is 16.5. The number of pyridine rings is 1. The number of aryl methyl sites for hydroxylation is 1. The first-order chi connectivity index (χ1) is 11.7. The second-order valence-corrected chi connectivity index (χ2v) is 6.14. The van der Waals surface area contributed by atoms with E-state index in [2.05, 4.69) is 34.3 Å². The Balaban J connectivity index is 1.49. The maximum absolute atomic E-state index is 5.94. The standard InChI is InChI=1S/C19H24N4O/c1-2-14-5-8-17(9-6-14)23-19(20)22-12-16-7-10-18(21-11-16)24-13-15-3-4-15/h5-11,15H,2-4,12-13H2,1H3,(H3,20,22,23). The van der Waals surface area contributed by atoms with Crippen LogP contribution in [0, 0.1) is 5.92 Å². The van der Waals surface area contributed by atoms with Crippen LogP contribution < -0.4 is 15.8 Å². The second-order valence-electron chi connectivity index (χ2n) is 6.14. The number of rotatable bonds is 7. The van der Waals surface area contributed by atoms with Crippen LogP contribution in [0.3, 0.4) is 0 Å². The van der Waals surface area contributed by atoms with Crippen LogP contribution in [0.4, 0.5) is 5.69 Å². The summed E-state index contributed by atoms with van der Waals surface area (Å²) in [4.78, 5) is 8.66. The normalized spacial score (nSPS) is 14.5. The van der Waals surface area contributed by atoms with Crippen LogP contribution in [0.2, 0.25) is 0 Å². The molecule has 0 bridgehead atoms. The van der Waals surface area contributed by atoms with Gasteiger partial charge in [0.15, 0.2) is 5.96 Å². The summed E-state index contributed by atoms with van der Waals surface area (Å²) in [7, 11) is 0. The number of hydrogen-bond acceptors (Lipinski definition) is 3. The van der Waals surface area contributed by atoms with Crippen LogP contribution in [0.15, 0.2) is 47.6 Å². The molecule has 0 saturated heterocycles. The van der Waals surface area contributed by atoms with Crippen LogP contribution in [0.1, 0.15) is 30.9 Å². The molecule has 1 aliphatic carbocycles. The first kappa shape index (κ1) is 16.3. The largest absolute Gasteiger partial charge is 0.477 e. The second kappa shape index (κ2) is 7.81. The zero-order valence-electron chi connectivity index (χ0n) is 14.0. The van der Waals surface area contributed by atoms with Crippen molar-refractivity contribution in [1.82, 2.24) is 4.98 Å². The maximum Gasteiger partial charge on any atom is 0.213 e. The lowest BCUT2D eigenvalue weighted by Crippen LogP contribution is -2.22. The zero-order valence-corrected chi connectivity index (χ0v) is 14.0. The number of benzene rings is 1. The molecule has 24 heavy (non-hydrogen) atoms. The SMILES string of the molecule is CCc1ccc(NC(N)=NCc2ccc(OCC3CC3)nc2)cc1. The lowest BCUT2D eigenvalue weighted by Gasteiger charge is -2.07. The maximum atomic E-state index is 5.94.